The Morgan fingerprint density at radius 2 is 1.78 bits per heavy atom. The standard InChI is InChI=1S/C21H19N3O3/c25-21(15-5-2-1-3-6-15)16-10-13-23(14-11-16)19-9-8-18(24(26)27)17-7-4-12-22-20(17)19/h1-9,12,16H,10-11,13-14H2. The molecule has 2 heterocycles. The molecule has 3 aromatic rings. The number of carbonyl (C=O) groups is 1. The summed E-state index contributed by atoms with van der Waals surface area (Å²) in [5.74, 6) is 0.211. The quantitative estimate of drug-likeness (QED) is 0.395. The molecule has 0 N–H and O–H groups in total. The highest BCUT2D eigenvalue weighted by Crippen LogP contribution is 2.34. The van der Waals surface area contributed by atoms with Crippen molar-refractivity contribution in [3.8, 4) is 0 Å². The molecule has 0 atom stereocenters. The summed E-state index contributed by atoms with van der Waals surface area (Å²) in [7, 11) is 0. The van der Waals surface area contributed by atoms with Crippen LogP contribution in [-0.4, -0.2) is 28.8 Å². The Morgan fingerprint density at radius 1 is 1.04 bits per heavy atom. The maximum atomic E-state index is 12.7. The van der Waals surface area contributed by atoms with Crippen LogP contribution in [0.25, 0.3) is 10.9 Å². The zero-order valence-corrected chi connectivity index (χ0v) is 14.7. The van der Waals surface area contributed by atoms with Crippen molar-refractivity contribution in [2.45, 2.75) is 12.8 Å². The fraction of sp³-hybridized carbons (Fsp3) is 0.238. The topological polar surface area (TPSA) is 76.3 Å². The monoisotopic (exact) mass is 361 g/mol. The van der Waals surface area contributed by atoms with Crippen molar-refractivity contribution >= 4 is 28.1 Å². The zero-order chi connectivity index (χ0) is 18.8. The normalized spacial score (nSPS) is 15.0. The lowest BCUT2D eigenvalue weighted by molar-refractivity contribution is -0.383. The van der Waals surface area contributed by atoms with E-state index < -0.39 is 0 Å². The van der Waals surface area contributed by atoms with Crippen LogP contribution in [0.3, 0.4) is 0 Å². The first-order valence-electron chi connectivity index (χ1n) is 9.01. The van der Waals surface area contributed by atoms with Crippen molar-refractivity contribution in [2.75, 3.05) is 18.0 Å². The predicted molar refractivity (Wildman–Crippen MR) is 104 cm³/mol. The molecule has 6 nitrogen and oxygen atoms in total. The SMILES string of the molecule is O=C(c1ccccc1)C1CCN(c2ccc([N+](=O)[O-])c3cccnc23)CC1. The minimum atomic E-state index is -0.376. The van der Waals surface area contributed by atoms with E-state index in [9.17, 15) is 14.9 Å². The molecule has 1 saturated heterocycles. The summed E-state index contributed by atoms with van der Waals surface area (Å²) in [4.78, 5) is 30.1. The van der Waals surface area contributed by atoms with Crippen molar-refractivity contribution in [1.82, 2.24) is 4.98 Å². The lowest BCUT2D eigenvalue weighted by Crippen LogP contribution is -2.36. The fourth-order valence-electron chi connectivity index (χ4n) is 3.78. The van der Waals surface area contributed by atoms with E-state index in [1.807, 2.05) is 30.3 Å². The van der Waals surface area contributed by atoms with Gasteiger partial charge in [-0.25, -0.2) is 0 Å². The number of piperidine rings is 1. The van der Waals surface area contributed by atoms with E-state index in [1.54, 1.807) is 30.5 Å². The number of nitrogens with zero attached hydrogens (tertiary/aromatic N) is 3. The highest BCUT2D eigenvalue weighted by molar-refractivity contribution is 5.99. The van der Waals surface area contributed by atoms with Gasteiger partial charge in [0, 0.05) is 36.8 Å². The van der Waals surface area contributed by atoms with Gasteiger partial charge < -0.3 is 4.90 Å². The lowest BCUT2D eigenvalue weighted by Gasteiger charge is -2.33. The Morgan fingerprint density at radius 3 is 2.48 bits per heavy atom. The number of anilines is 1. The summed E-state index contributed by atoms with van der Waals surface area (Å²) in [5.41, 5.74) is 2.36. The number of fused-ring (bicyclic) bond motifs is 1. The van der Waals surface area contributed by atoms with E-state index in [0.717, 1.165) is 37.2 Å². The third kappa shape index (κ3) is 3.26. The molecule has 136 valence electrons. The smallest absolute Gasteiger partial charge is 0.278 e. The third-order valence-electron chi connectivity index (χ3n) is 5.19. The molecule has 0 unspecified atom stereocenters. The summed E-state index contributed by atoms with van der Waals surface area (Å²) in [6, 6.07) is 16.2. The van der Waals surface area contributed by atoms with E-state index in [1.165, 1.54) is 0 Å². The first kappa shape index (κ1) is 17.1. The average Bonchev–Trinajstić information content (AvgIpc) is 2.73. The van der Waals surface area contributed by atoms with Crippen LogP contribution in [0, 0.1) is 16.0 Å². The molecule has 1 aliphatic rings. The average molecular weight is 361 g/mol. The number of benzene rings is 2. The highest BCUT2D eigenvalue weighted by Gasteiger charge is 2.27. The summed E-state index contributed by atoms with van der Waals surface area (Å²) in [6.45, 7) is 1.46. The van der Waals surface area contributed by atoms with Crippen LogP contribution in [0.5, 0.6) is 0 Å². The van der Waals surface area contributed by atoms with Gasteiger partial charge in [0.1, 0.15) is 5.52 Å². The Labute approximate surface area is 156 Å². The van der Waals surface area contributed by atoms with Gasteiger partial charge in [-0.1, -0.05) is 30.3 Å². The van der Waals surface area contributed by atoms with E-state index in [4.69, 9.17) is 0 Å². The number of rotatable bonds is 4. The fourth-order valence-corrected chi connectivity index (χ4v) is 3.78. The molecule has 1 fully saturated rings. The summed E-state index contributed by atoms with van der Waals surface area (Å²) >= 11 is 0. The van der Waals surface area contributed by atoms with E-state index in [-0.39, 0.29) is 22.3 Å². The molecule has 0 saturated carbocycles. The second-order valence-electron chi connectivity index (χ2n) is 6.75. The summed E-state index contributed by atoms with van der Waals surface area (Å²) in [6.07, 6.45) is 3.18. The maximum Gasteiger partial charge on any atom is 0.278 e. The molecule has 0 bridgehead atoms. The molecule has 6 heteroatoms. The van der Waals surface area contributed by atoms with E-state index in [2.05, 4.69) is 9.88 Å². The number of nitro benzene ring substituents is 1. The molecule has 0 radical (unpaired) electrons. The number of pyridine rings is 1. The van der Waals surface area contributed by atoms with E-state index in [0.29, 0.717) is 10.9 Å². The number of hydrogen-bond donors (Lipinski definition) is 0. The largest absolute Gasteiger partial charge is 0.370 e. The number of Topliss-reactive ketones (excluding diaryl/α,β-unsaturated/α-hetero) is 1. The second-order valence-corrected chi connectivity index (χ2v) is 6.75. The van der Waals surface area contributed by atoms with Gasteiger partial charge in [-0.05, 0) is 31.0 Å². The molecule has 0 amide bonds. The minimum Gasteiger partial charge on any atom is -0.370 e. The minimum absolute atomic E-state index is 0.0147. The number of non-ortho nitro benzene ring substituents is 1. The van der Waals surface area contributed by atoms with Crippen LogP contribution in [0.1, 0.15) is 23.2 Å². The van der Waals surface area contributed by atoms with Crippen molar-refractivity contribution in [1.29, 1.82) is 0 Å². The molecular weight excluding hydrogens is 342 g/mol. The lowest BCUT2D eigenvalue weighted by atomic mass is 9.88. The van der Waals surface area contributed by atoms with Gasteiger partial charge in [-0.2, -0.15) is 0 Å². The van der Waals surface area contributed by atoms with Crippen molar-refractivity contribution in [3.05, 3.63) is 76.5 Å². The Kier molecular flexibility index (Phi) is 4.54. The Bertz CT molecular complexity index is 996. The van der Waals surface area contributed by atoms with Gasteiger partial charge in [0.15, 0.2) is 5.78 Å². The van der Waals surface area contributed by atoms with Crippen molar-refractivity contribution < 1.29 is 9.72 Å². The van der Waals surface area contributed by atoms with Gasteiger partial charge in [0.25, 0.3) is 5.69 Å². The number of hydrogen-bond acceptors (Lipinski definition) is 5. The summed E-state index contributed by atoms with van der Waals surface area (Å²) < 4.78 is 0. The Balaban J connectivity index is 1.56. The first-order chi connectivity index (χ1) is 13.1. The van der Waals surface area contributed by atoms with Crippen LogP contribution in [0.4, 0.5) is 11.4 Å². The van der Waals surface area contributed by atoms with Gasteiger partial charge in [-0.15, -0.1) is 0 Å². The molecule has 2 aromatic carbocycles. The number of aromatic nitrogens is 1. The predicted octanol–water partition coefficient (Wildman–Crippen LogP) is 4.24. The number of carbonyl (C=O) groups excluding carboxylic acids is 1. The third-order valence-corrected chi connectivity index (χ3v) is 5.19. The van der Waals surface area contributed by atoms with Crippen LogP contribution in [0.2, 0.25) is 0 Å². The van der Waals surface area contributed by atoms with Crippen LogP contribution in [0.15, 0.2) is 60.8 Å². The maximum absolute atomic E-state index is 12.7. The van der Waals surface area contributed by atoms with E-state index >= 15 is 0 Å². The van der Waals surface area contributed by atoms with Gasteiger partial charge in [0.05, 0.1) is 16.0 Å². The molecule has 4 rings (SSSR count). The molecule has 0 spiro atoms. The van der Waals surface area contributed by atoms with Crippen LogP contribution < -0.4 is 4.90 Å². The second kappa shape index (κ2) is 7.15. The van der Waals surface area contributed by atoms with Gasteiger partial charge >= 0.3 is 0 Å². The number of ketones is 1. The number of nitro groups is 1. The van der Waals surface area contributed by atoms with Crippen LogP contribution >= 0.6 is 0 Å². The Hall–Kier alpha value is -3.28. The van der Waals surface area contributed by atoms with Gasteiger partial charge in [0.2, 0.25) is 0 Å². The molecular formula is C21H19N3O3. The highest BCUT2D eigenvalue weighted by atomic mass is 16.6. The molecule has 0 aliphatic carbocycles. The zero-order valence-electron chi connectivity index (χ0n) is 14.7. The molecule has 1 aromatic heterocycles. The van der Waals surface area contributed by atoms with Crippen molar-refractivity contribution in [3.63, 3.8) is 0 Å². The summed E-state index contributed by atoms with van der Waals surface area (Å²) in [5, 5.41) is 11.8. The molecule has 1 aliphatic heterocycles. The van der Waals surface area contributed by atoms with Crippen molar-refractivity contribution in [2.24, 2.45) is 5.92 Å². The molecule has 27 heavy (non-hydrogen) atoms. The van der Waals surface area contributed by atoms with Crippen LogP contribution in [-0.2, 0) is 0 Å². The first-order valence-corrected chi connectivity index (χ1v) is 9.01. The van der Waals surface area contributed by atoms with Gasteiger partial charge in [-0.3, -0.25) is 19.9 Å².